The summed E-state index contributed by atoms with van der Waals surface area (Å²) >= 11 is 6.52. The van der Waals surface area contributed by atoms with Crippen molar-refractivity contribution in [3.05, 3.63) is 83.5 Å². The number of imidazole rings is 1. The van der Waals surface area contributed by atoms with E-state index in [2.05, 4.69) is 26.8 Å². The van der Waals surface area contributed by atoms with Gasteiger partial charge >= 0.3 is 0 Å². The van der Waals surface area contributed by atoms with Crippen LogP contribution in [0.3, 0.4) is 0 Å². The van der Waals surface area contributed by atoms with Crippen LogP contribution in [-0.2, 0) is 6.42 Å². The number of rotatable bonds is 9. The van der Waals surface area contributed by atoms with Crippen molar-refractivity contribution >= 4 is 28.5 Å². The lowest BCUT2D eigenvalue weighted by molar-refractivity contribution is 0.248. The molecule has 6 rings (SSSR count). The van der Waals surface area contributed by atoms with E-state index in [0.717, 1.165) is 71.6 Å². The zero-order valence-corrected chi connectivity index (χ0v) is 22.3. The van der Waals surface area contributed by atoms with Crippen molar-refractivity contribution in [2.75, 3.05) is 18.5 Å². The van der Waals surface area contributed by atoms with Crippen LogP contribution in [0.1, 0.15) is 38.1 Å². The maximum atomic E-state index is 13.8. The first kappa shape index (κ1) is 25.2. The van der Waals surface area contributed by atoms with Crippen molar-refractivity contribution < 1.29 is 9.13 Å². The SMILES string of the molecule is CCCCNc1nccc(-c2c(-c3ccc(F)cc3)nc3n2C(COc2nc4ccccc4cc2Cl)CC3)n1. The Morgan fingerprint density at radius 3 is 2.77 bits per heavy atom. The van der Waals surface area contributed by atoms with Crippen molar-refractivity contribution in [3.8, 4) is 28.5 Å². The molecule has 1 N–H and O–H groups in total. The number of hydrogen-bond acceptors (Lipinski definition) is 6. The summed E-state index contributed by atoms with van der Waals surface area (Å²) in [5, 5.41) is 4.75. The lowest BCUT2D eigenvalue weighted by Crippen LogP contribution is -2.16. The fourth-order valence-corrected chi connectivity index (χ4v) is 5.20. The molecule has 2 aromatic carbocycles. The van der Waals surface area contributed by atoms with Gasteiger partial charge in [-0.3, -0.25) is 0 Å². The van der Waals surface area contributed by atoms with Crippen LogP contribution in [0.5, 0.6) is 5.88 Å². The monoisotopic (exact) mass is 542 g/mol. The molecule has 39 heavy (non-hydrogen) atoms. The minimum atomic E-state index is -0.289. The van der Waals surface area contributed by atoms with Crippen LogP contribution in [0.4, 0.5) is 10.3 Å². The van der Waals surface area contributed by atoms with E-state index in [1.807, 2.05) is 36.4 Å². The van der Waals surface area contributed by atoms with Crippen molar-refractivity contribution in [1.29, 1.82) is 0 Å². The van der Waals surface area contributed by atoms with Crippen molar-refractivity contribution in [1.82, 2.24) is 24.5 Å². The van der Waals surface area contributed by atoms with Gasteiger partial charge < -0.3 is 14.6 Å². The number of pyridine rings is 1. The van der Waals surface area contributed by atoms with Crippen molar-refractivity contribution in [2.24, 2.45) is 0 Å². The summed E-state index contributed by atoms with van der Waals surface area (Å²) in [6.45, 7) is 3.31. The van der Waals surface area contributed by atoms with Crippen LogP contribution >= 0.6 is 11.6 Å². The molecule has 0 radical (unpaired) electrons. The van der Waals surface area contributed by atoms with Gasteiger partial charge in [0.2, 0.25) is 11.8 Å². The Morgan fingerprint density at radius 1 is 1.08 bits per heavy atom. The third-order valence-electron chi connectivity index (χ3n) is 6.94. The Morgan fingerprint density at radius 2 is 1.92 bits per heavy atom. The van der Waals surface area contributed by atoms with Gasteiger partial charge in [0.05, 0.1) is 28.6 Å². The molecule has 7 nitrogen and oxygen atoms in total. The van der Waals surface area contributed by atoms with Gasteiger partial charge in [0.1, 0.15) is 23.3 Å². The van der Waals surface area contributed by atoms with E-state index in [9.17, 15) is 4.39 Å². The van der Waals surface area contributed by atoms with Crippen molar-refractivity contribution in [3.63, 3.8) is 0 Å². The molecule has 9 heteroatoms. The Kier molecular flexibility index (Phi) is 7.11. The second-order valence-electron chi connectivity index (χ2n) is 9.62. The predicted molar refractivity (Wildman–Crippen MR) is 152 cm³/mol. The molecule has 4 heterocycles. The smallest absolute Gasteiger partial charge is 0.233 e. The molecule has 3 aromatic heterocycles. The first-order valence-corrected chi connectivity index (χ1v) is 13.6. The first-order chi connectivity index (χ1) is 19.1. The highest BCUT2D eigenvalue weighted by molar-refractivity contribution is 6.32. The Hall–Kier alpha value is -4.04. The molecule has 0 amide bonds. The lowest BCUT2D eigenvalue weighted by atomic mass is 10.1. The molecule has 0 bridgehead atoms. The van der Waals surface area contributed by atoms with Gasteiger partial charge in [-0.1, -0.05) is 43.1 Å². The van der Waals surface area contributed by atoms with E-state index in [-0.39, 0.29) is 11.9 Å². The highest BCUT2D eigenvalue weighted by Crippen LogP contribution is 2.40. The third-order valence-corrected chi connectivity index (χ3v) is 7.21. The Bertz CT molecular complexity index is 1620. The zero-order valence-electron chi connectivity index (χ0n) is 21.6. The van der Waals surface area contributed by atoms with E-state index in [4.69, 9.17) is 26.3 Å². The molecule has 0 fully saturated rings. The number of para-hydroxylation sites is 1. The maximum Gasteiger partial charge on any atom is 0.233 e. The number of nitrogens with one attached hydrogen (secondary N) is 1. The summed E-state index contributed by atoms with van der Waals surface area (Å²) < 4.78 is 22.2. The molecule has 0 aliphatic carbocycles. The highest BCUT2D eigenvalue weighted by Gasteiger charge is 2.31. The van der Waals surface area contributed by atoms with Gasteiger partial charge in [-0.15, -0.1) is 0 Å². The highest BCUT2D eigenvalue weighted by atomic mass is 35.5. The summed E-state index contributed by atoms with van der Waals surface area (Å²) in [6.07, 6.45) is 5.51. The number of nitrogens with zero attached hydrogens (tertiary/aromatic N) is 5. The molecule has 1 aliphatic rings. The third kappa shape index (κ3) is 5.16. The number of ether oxygens (including phenoxy) is 1. The molecule has 5 aromatic rings. The molecule has 1 unspecified atom stereocenters. The van der Waals surface area contributed by atoms with E-state index in [1.165, 1.54) is 12.1 Å². The molecule has 0 saturated carbocycles. The van der Waals surface area contributed by atoms with Crippen LogP contribution < -0.4 is 10.1 Å². The molecule has 1 atom stereocenters. The minimum Gasteiger partial charge on any atom is -0.474 e. The minimum absolute atomic E-state index is 0.00694. The second kappa shape index (κ2) is 11.0. The first-order valence-electron chi connectivity index (χ1n) is 13.2. The standard InChI is InChI=1S/C30H28ClFN6O/c1-2-3-15-33-30-34-16-14-25(36-30)28-27(19-8-10-21(32)11-9-19)37-26-13-12-22(38(26)28)18-39-29-23(31)17-20-6-4-5-7-24(20)35-29/h4-11,14,16-17,22H,2-3,12-13,15,18H2,1H3,(H,33,34,36). The number of aromatic nitrogens is 5. The van der Waals surface area contributed by atoms with Gasteiger partial charge in [-0.2, -0.15) is 0 Å². The maximum absolute atomic E-state index is 13.8. The number of halogens is 2. The largest absolute Gasteiger partial charge is 0.474 e. The normalized spacial score (nSPS) is 14.5. The van der Waals surface area contributed by atoms with Crippen molar-refractivity contribution in [2.45, 2.75) is 38.6 Å². The van der Waals surface area contributed by atoms with Crippen LogP contribution in [0.25, 0.3) is 33.5 Å². The number of benzene rings is 2. The molecule has 1 aliphatic heterocycles. The van der Waals surface area contributed by atoms with E-state index in [1.54, 1.807) is 18.3 Å². The van der Waals surface area contributed by atoms with Gasteiger partial charge in [-0.05, 0) is 55.3 Å². The average Bonchev–Trinajstić information content (AvgIpc) is 3.52. The van der Waals surface area contributed by atoms with E-state index >= 15 is 0 Å². The molecule has 198 valence electrons. The number of hydrogen-bond donors (Lipinski definition) is 1. The zero-order chi connectivity index (χ0) is 26.8. The molecular weight excluding hydrogens is 515 g/mol. The number of unbranched alkanes of at least 4 members (excludes halogenated alkanes) is 1. The summed E-state index contributed by atoms with van der Waals surface area (Å²) in [7, 11) is 0. The van der Waals surface area contributed by atoms with Gasteiger partial charge in [0, 0.05) is 30.1 Å². The summed E-state index contributed by atoms with van der Waals surface area (Å²) in [5.41, 5.74) is 4.02. The number of anilines is 1. The van der Waals surface area contributed by atoms with Gasteiger partial charge in [0.15, 0.2) is 0 Å². The van der Waals surface area contributed by atoms with Gasteiger partial charge in [0.25, 0.3) is 0 Å². The molecular formula is C30H28ClFN6O. The lowest BCUT2D eigenvalue weighted by Gasteiger charge is -2.18. The van der Waals surface area contributed by atoms with Crippen LogP contribution in [0, 0.1) is 5.82 Å². The van der Waals surface area contributed by atoms with Gasteiger partial charge in [-0.25, -0.2) is 24.3 Å². The van der Waals surface area contributed by atoms with E-state index in [0.29, 0.717) is 23.5 Å². The Labute approximate surface area is 231 Å². The van der Waals surface area contributed by atoms with Crippen LogP contribution in [-0.4, -0.2) is 37.7 Å². The number of aryl methyl sites for hydroxylation is 1. The summed E-state index contributed by atoms with van der Waals surface area (Å²) in [5.74, 6) is 1.63. The predicted octanol–water partition coefficient (Wildman–Crippen LogP) is 7.13. The van der Waals surface area contributed by atoms with Crippen LogP contribution in [0.15, 0.2) is 66.9 Å². The fourth-order valence-electron chi connectivity index (χ4n) is 4.99. The quantitative estimate of drug-likeness (QED) is 0.200. The topological polar surface area (TPSA) is 77.8 Å². The Balaban J connectivity index is 1.36. The molecule has 0 spiro atoms. The molecule has 0 saturated heterocycles. The van der Waals surface area contributed by atoms with E-state index < -0.39 is 0 Å². The number of fused-ring (bicyclic) bond motifs is 2. The summed E-state index contributed by atoms with van der Waals surface area (Å²) in [6, 6.07) is 18.0. The summed E-state index contributed by atoms with van der Waals surface area (Å²) in [4.78, 5) is 18.9. The van der Waals surface area contributed by atoms with Crippen LogP contribution in [0.2, 0.25) is 5.02 Å². The second-order valence-corrected chi connectivity index (χ2v) is 10.0. The average molecular weight is 543 g/mol. The fraction of sp³-hybridized carbons (Fsp3) is 0.267.